The van der Waals surface area contributed by atoms with Gasteiger partial charge in [-0.3, -0.25) is 9.69 Å². The largest absolute Gasteiger partial charge is 0.321 e. The first kappa shape index (κ1) is 22.4. The maximum absolute atomic E-state index is 13.6. The predicted octanol–water partition coefficient (Wildman–Crippen LogP) is 4.33. The lowest BCUT2D eigenvalue weighted by Gasteiger charge is -2.35. The molecule has 7 nitrogen and oxygen atoms in total. The molecule has 1 atom stereocenters. The molecule has 0 saturated heterocycles. The van der Waals surface area contributed by atoms with Gasteiger partial charge in [0, 0.05) is 24.0 Å². The minimum absolute atomic E-state index is 0.102. The number of rotatable bonds is 5. The molecule has 7 heteroatoms. The summed E-state index contributed by atoms with van der Waals surface area (Å²) in [5.74, 6) is 0.674. The molecule has 0 spiro atoms. The van der Waals surface area contributed by atoms with Gasteiger partial charge < -0.3 is 4.98 Å². The van der Waals surface area contributed by atoms with Gasteiger partial charge in [0.15, 0.2) is 5.82 Å². The van der Waals surface area contributed by atoms with Gasteiger partial charge in [-0.25, -0.2) is 4.68 Å². The van der Waals surface area contributed by atoms with Crippen molar-refractivity contribution in [1.29, 1.82) is 0 Å². The maximum atomic E-state index is 13.6. The van der Waals surface area contributed by atoms with Crippen LogP contribution in [0.3, 0.4) is 0 Å². The first-order valence-electron chi connectivity index (χ1n) is 12.3. The van der Waals surface area contributed by atoms with E-state index in [2.05, 4.69) is 74.8 Å². The molecule has 0 unspecified atom stereocenters. The predicted molar refractivity (Wildman–Crippen MR) is 140 cm³/mol. The zero-order valence-electron chi connectivity index (χ0n) is 20.5. The second-order valence-electron chi connectivity index (χ2n) is 9.61. The van der Waals surface area contributed by atoms with Crippen molar-refractivity contribution in [1.82, 2.24) is 30.1 Å². The van der Waals surface area contributed by atoms with Crippen molar-refractivity contribution in [3.63, 3.8) is 0 Å². The van der Waals surface area contributed by atoms with E-state index in [0.717, 1.165) is 47.1 Å². The molecule has 0 bridgehead atoms. The molecule has 6 rings (SSSR count). The Labute approximate surface area is 209 Å². The Balaban J connectivity index is 1.51. The Morgan fingerprint density at radius 2 is 1.69 bits per heavy atom. The number of aromatic amines is 1. The summed E-state index contributed by atoms with van der Waals surface area (Å²) in [6, 6.07) is 24.5. The van der Waals surface area contributed by atoms with Gasteiger partial charge in [0.2, 0.25) is 0 Å². The van der Waals surface area contributed by atoms with Crippen LogP contribution in [0, 0.1) is 13.8 Å². The highest BCUT2D eigenvalue weighted by Gasteiger charge is 2.32. The van der Waals surface area contributed by atoms with E-state index in [-0.39, 0.29) is 11.6 Å². The topological polar surface area (TPSA) is 79.7 Å². The number of tetrazole rings is 1. The second kappa shape index (κ2) is 9.17. The Morgan fingerprint density at radius 3 is 2.53 bits per heavy atom. The monoisotopic (exact) mass is 476 g/mol. The third kappa shape index (κ3) is 4.01. The number of aryl methyl sites for hydroxylation is 2. The first-order chi connectivity index (χ1) is 17.6. The Kier molecular flexibility index (Phi) is 5.70. The van der Waals surface area contributed by atoms with Gasteiger partial charge in [-0.2, -0.15) is 0 Å². The number of aromatic nitrogens is 5. The molecule has 5 aromatic rings. The van der Waals surface area contributed by atoms with E-state index in [9.17, 15) is 4.79 Å². The second-order valence-corrected chi connectivity index (χ2v) is 9.61. The fraction of sp³-hybridized carbons (Fsp3) is 0.241. The van der Waals surface area contributed by atoms with Crippen molar-refractivity contribution < 1.29 is 0 Å². The smallest absolute Gasteiger partial charge is 0.253 e. The lowest BCUT2D eigenvalue weighted by atomic mass is 9.95. The van der Waals surface area contributed by atoms with E-state index in [1.165, 1.54) is 11.1 Å². The van der Waals surface area contributed by atoms with Crippen molar-refractivity contribution in [3.05, 3.63) is 122 Å². The quantitative estimate of drug-likeness (QED) is 0.409. The molecule has 180 valence electrons. The number of pyridine rings is 1. The van der Waals surface area contributed by atoms with Crippen molar-refractivity contribution in [2.75, 3.05) is 6.54 Å². The van der Waals surface area contributed by atoms with Crippen molar-refractivity contribution in [2.45, 2.75) is 39.4 Å². The number of benzene rings is 3. The van der Waals surface area contributed by atoms with Gasteiger partial charge >= 0.3 is 0 Å². The molecular formula is C29H28N6O. The van der Waals surface area contributed by atoms with Gasteiger partial charge in [0.25, 0.3) is 5.56 Å². The molecule has 0 fully saturated rings. The first-order valence-corrected chi connectivity index (χ1v) is 12.3. The summed E-state index contributed by atoms with van der Waals surface area (Å²) in [6.07, 6.45) is 0.913. The highest BCUT2D eigenvalue weighted by Crippen LogP contribution is 2.32. The number of nitrogens with zero attached hydrogens (tertiary/aromatic N) is 5. The number of hydrogen-bond acceptors (Lipinski definition) is 5. The molecule has 3 heterocycles. The van der Waals surface area contributed by atoms with Crippen molar-refractivity contribution in [2.24, 2.45) is 0 Å². The van der Waals surface area contributed by atoms with Crippen molar-refractivity contribution in [3.8, 4) is 0 Å². The minimum Gasteiger partial charge on any atom is -0.321 e. The van der Waals surface area contributed by atoms with Crippen LogP contribution in [0.15, 0.2) is 77.6 Å². The van der Waals surface area contributed by atoms with Gasteiger partial charge in [0.05, 0.1) is 12.1 Å². The Morgan fingerprint density at radius 1 is 0.944 bits per heavy atom. The van der Waals surface area contributed by atoms with Gasteiger partial charge in [0.1, 0.15) is 6.04 Å². The molecule has 0 radical (unpaired) electrons. The zero-order chi connectivity index (χ0) is 24.6. The average Bonchev–Trinajstić information content (AvgIpc) is 3.35. The van der Waals surface area contributed by atoms with E-state index in [1.807, 2.05) is 41.9 Å². The lowest BCUT2D eigenvalue weighted by Crippen LogP contribution is -2.38. The van der Waals surface area contributed by atoms with E-state index in [4.69, 9.17) is 0 Å². The number of nitrogens with one attached hydrogen (secondary N) is 1. The number of hydrogen-bond donors (Lipinski definition) is 1. The molecule has 36 heavy (non-hydrogen) atoms. The molecule has 2 aromatic heterocycles. The molecule has 3 aromatic carbocycles. The van der Waals surface area contributed by atoms with E-state index >= 15 is 0 Å². The third-order valence-electron chi connectivity index (χ3n) is 7.27. The highest BCUT2D eigenvalue weighted by atomic mass is 16.1. The SMILES string of the molecule is Cc1ccc(C)c2[nH]c(=O)c([C@H](c3nnnn3Cc3ccccc3)N3CCc4ccccc4C3)cc12. The van der Waals surface area contributed by atoms with Crippen LogP contribution in [0.1, 0.15) is 45.2 Å². The number of fused-ring (bicyclic) bond motifs is 2. The maximum Gasteiger partial charge on any atom is 0.253 e. The highest BCUT2D eigenvalue weighted by molar-refractivity contribution is 5.85. The zero-order valence-corrected chi connectivity index (χ0v) is 20.5. The van der Waals surface area contributed by atoms with Crippen LogP contribution >= 0.6 is 0 Å². The lowest BCUT2D eigenvalue weighted by molar-refractivity contribution is 0.194. The van der Waals surface area contributed by atoms with Gasteiger partial charge in [-0.1, -0.05) is 66.7 Å². The van der Waals surface area contributed by atoms with E-state index < -0.39 is 0 Å². The molecular weight excluding hydrogens is 448 g/mol. The summed E-state index contributed by atoms with van der Waals surface area (Å²) in [5, 5.41) is 13.9. The van der Waals surface area contributed by atoms with E-state index in [0.29, 0.717) is 17.9 Å². The van der Waals surface area contributed by atoms with Gasteiger partial charge in [-0.05, 0) is 64.6 Å². The molecule has 0 saturated carbocycles. The molecule has 0 amide bonds. The van der Waals surface area contributed by atoms with Crippen LogP contribution in [0.2, 0.25) is 0 Å². The van der Waals surface area contributed by atoms with Gasteiger partial charge in [-0.15, -0.1) is 5.10 Å². The van der Waals surface area contributed by atoms with Crippen LogP contribution in [-0.4, -0.2) is 36.6 Å². The van der Waals surface area contributed by atoms with Crippen molar-refractivity contribution >= 4 is 10.9 Å². The minimum atomic E-state index is -0.384. The molecule has 1 aliphatic rings. The standard InChI is InChI=1S/C29H28N6O/c1-19-12-13-20(2)26-24(19)16-25(29(36)30-26)27(34-15-14-22-10-6-7-11-23(22)18-34)28-31-32-33-35(28)17-21-8-4-3-5-9-21/h3-13,16,27H,14-15,17-18H2,1-2H3,(H,30,36)/t27-/m1/s1. The third-order valence-corrected chi connectivity index (χ3v) is 7.27. The molecule has 0 aliphatic carbocycles. The van der Waals surface area contributed by atoms with Crippen LogP contribution in [0.5, 0.6) is 0 Å². The average molecular weight is 477 g/mol. The fourth-order valence-electron chi connectivity index (χ4n) is 5.31. The van der Waals surface area contributed by atoms with Crippen LogP contribution in [0.25, 0.3) is 10.9 Å². The molecule has 1 aliphatic heterocycles. The van der Waals surface area contributed by atoms with Crippen LogP contribution in [-0.2, 0) is 19.5 Å². The molecule has 1 N–H and O–H groups in total. The summed E-state index contributed by atoms with van der Waals surface area (Å²) in [5.41, 5.74) is 7.36. The fourth-order valence-corrected chi connectivity index (χ4v) is 5.31. The summed E-state index contributed by atoms with van der Waals surface area (Å²) in [4.78, 5) is 19.1. The van der Waals surface area contributed by atoms with E-state index in [1.54, 1.807) is 0 Å². The normalized spacial score (nSPS) is 14.6. The Hall–Kier alpha value is -4.10. The Bertz CT molecular complexity index is 1600. The number of H-pyrrole nitrogens is 1. The van der Waals surface area contributed by atoms with Crippen LogP contribution in [0.4, 0.5) is 0 Å². The summed E-state index contributed by atoms with van der Waals surface area (Å²) in [6.45, 7) is 6.17. The summed E-state index contributed by atoms with van der Waals surface area (Å²) in [7, 11) is 0. The summed E-state index contributed by atoms with van der Waals surface area (Å²) >= 11 is 0. The van der Waals surface area contributed by atoms with Crippen LogP contribution < -0.4 is 5.56 Å². The summed E-state index contributed by atoms with van der Waals surface area (Å²) < 4.78 is 1.83.